The van der Waals surface area contributed by atoms with Crippen molar-refractivity contribution in [3.8, 4) is 0 Å². The van der Waals surface area contributed by atoms with Gasteiger partial charge < -0.3 is 5.11 Å². The van der Waals surface area contributed by atoms with E-state index in [1.807, 2.05) is 6.08 Å². The summed E-state index contributed by atoms with van der Waals surface area (Å²) in [5.41, 5.74) is 0.611. The zero-order valence-corrected chi connectivity index (χ0v) is 10.1. The molecule has 0 saturated carbocycles. The fraction of sp³-hybridized carbons (Fsp3) is 0.769. The third-order valence-electron chi connectivity index (χ3n) is 2.52. The normalized spacial score (nSPS) is 11.7. The van der Waals surface area contributed by atoms with Crippen LogP contribution < -0.4 is 0 Å². The maximum Gasteiger partial charge on any atom is 0.331 e. The first-order valence-electron chi connectivity index (χ1n) is 6.14. The van der Waals surface area contributed by atoms with Gasteiger partial charge in [0.05, 0.1) is 0 Å². The molecule has 0 aliphatic heterocycles. The molecule has 0 fully saturated rings. The van der Waals surface area contributed by atoms with E-state index in [1.165, 1.54) is 12.8 Å². The van der Waals surface area contributed by atoms with Gasteiger partial charge in [0.15, 0.2) is 0 Å². The van der Waals surface area contributed by atoms with E-state index < -0.39 is 5.97 Å². The molecular weight excluding hydrogens is 188 g/mol. The lowest BCUT2D eigenvalue weighted by atomic mass is 10.1. The summed E-state index contributed by atoms with van der Waals surface area (Å²) in [6, 6.07) is 0. The molecule has 0 unspecified atom stereocenters. The van der Waals surface area contributed by atoms with E-state index in [0.717, 1.165) is 38.5 Å². The van der Waals surface area contributed by atoms with E-state index in [0.29, 0.717) is 5.57 Å². The van der Waals surface area contributed by atoms with Crippen molar-refractivity contribution in [2.24, 2.45) is 0 Å². The summed E-state index contributed by atoms with van der Waals surface area (Å²) in [5.74, 6) is -0.734. The van der Waals surface area contributed by atoms with Crippen LogP contribution in [0.3, 0.4) is 0 Å². The Morgan fingerprint density at radius 2 is 1.67 bits per heavy atom. The molecule has 0 heterocycles. The van der Waals surface area contributed by atoms with Crippen molar-refractivity contribution in [2.75, 3.05) is 0 Å². The molecule has 15 heavy (non-hydrogen) atoms. The van der Waals surface area contributed by atoms with Gasteiger partial charge in [-0.1, -0.05) is 45.6 Å². The number of hydrogen-bond acceptors (Lipinski definition) is 1. The number of hydrogen-bond donors (Lipinski definition) is 1. The first kappa shape index (κ1) is 14.2. The highest BCUT2D eigenvalue weighted by molar-refractivity contribution is 5.86. The molecule has 0 atom stereocenters. The number of allylic oxidation sites excluding steroid dienone is 1. The Labute approximate surface area is 93.4 Å². The van der Waals surface area contributed by atoms with Crippen LogP contribution in [0.1, 0.15) is 65.2 Å². The highest BCUT2D eigenvalue weighted by Gasteiger charge is 2.05. The van der Waals surface area contributed by atoms with Crippen molar-refractivity contribution < 1.29 is 9.90 Å². The Balaban J connectivity index is 3.85. The van der Waals surface area contributed by atoms with Crippen molar-refractivity contribution in [3.63, 3.8) is 0 Å². The van der Waals surface area contributed by atoms with Crippen LogP contribution in [0.5, 0.6) is 0 Å². The van der Waals surface area contributed by atoms with Crippen LogP contribution in [0.2, 0.25) is 0 Å². The molecule has 0 aromatic carbocycles. The quantitative estimate of drug-likeness (QED) is 0.460. The van der Waals surface area contributed by atoms with Crippen molar-refractivity contribution in [1.82, 2.24) is 0 Å². The van der Waals surface area contributed by atoms with Gasteiger partial charge in [-0.05, 0) is 25.7 Å². The van der Waals surface area contributed by atoms with Gasteiger partial charge in [0.1, 0.15) is 0 Å². The Morgan fingerprint density at radius 1 is 1.07 bits per heavy atom. The maximum atomic E-state index is 10.9. The largest absolute Gasteiger partial charge is 0.478 e. The van der Waals surface area contributed by atoms with E-state index in [-0.39, 0.29) is 0 Å². The molecule has 0 saturated heterocycles. The van der Waals surface area contributed by atoms with Crippen LogP contribution in [0.25, 0.3) is 0 Å². The molecule has 0 aromatic rings. The molecule has 0 bridgehead atoms. The predicted molar refractivity (Wildman–Crippen MR) is 64.0 cm³/mol. The molecule has 0 aromatic heterocycles. The van der Waals surface area contributed by atoms with Gasteiger partial charge in [0.2, 0.25) is 0 Å². The number of carboxylic acids is 1. The first-order valence-corrected chi connectivity index (χ1v) is 6.14. The molecule has 88 valence electrons. The molecule has 0 aliphatic rings. The van der Waals surface area contributed by atoms with Crippen LogP contribution in [0.4, 0.5) is 0 Å². The van der Waals surface area contributed by atoms with Crippen molar-refractivity contribution in [1.29, 1.82) is 0 Å². The average molecular weight is 212 g/mol. The lowest BCUT2D eigenvalue weighted by molar-refractivity contribution is -0.132. The minimum Gasteiger partial charge on any atom is -0.478 e. The SMILES string of the molecule is CCCCC/C=C(/CCCCC)C(=O)O. The first-order chi connectivity index (χ1) is 7.22. The van der Waals surface area contributed by atoms with Crippen molar-refractivity contribution >= 4 is 5.97 Å². The molecule has 2 heteroatoms. The van der Waals surface area contributed by atoms with Crippen molar-refractivity contribution in [2.45, 2.75) is 65.2 Å². The third-order valence-corrected chi connectivity index (χ3v) is 2.52. The zero-order valence-electron chi connectivity index (χ0n) is 10.1. The average Bonchev–Trinajstić information content (AvgIpc) is 2.21. The minimum atomic E-state index is -0.734. The minimum absolute atomic E-state index is 0.611. The van der Waals surface area contributed by atoms with Crippen LogP contribution in [0, 0.1) is 0 Å². The standard InChI is InChI=1S/C13H24O2/c1-3-5-7-9-11-12(13(14)15)10-8-6-4-2/h11H,3-10H2,1-2H3,(H,14,15)/b12-11-. The van der Waals surface area contributed by atoms with E-state index in [4.69, 9.17) is 5.11 Å². The van der Waals surface area contributed by atoms with Crippen LogP contribution in [-0.2, 0) is 4.79 Å². The Morgan fingerprint density at radius 3 is 2.20 bits per heavy atom. The summed E-state index contributed by atoms with van der Waals surface area (Å²) in [7, 11) is 0. The van der Waals surface area contributed by atoms with E-state index in [9.17, 15) is 4.79 Å². The smallest absolute Gasteiger partial charge is 0.331 e. The second-order valence-electron chi connectivity index (χ2n) is 3.99. The molecule has 0 spiro atoms. The Hall–Kier alpha value is -0.790. The predicted octanol–water partition coefficient (Wildman–Crippen LogP) is 4.16. The van der Waals surface area contributed by atoms with Crippen LogP contribution in [-0.4, -0.2) is 11.1 Å². The summed E-state index contributed by atoms with van der Waals surface area (Å²) in [4.78, 5) is 10.9. The summed E-state index contributed by atoms with van der Waals surface area (Å²) >= 11 is 0. The van der Waals surface area contributed by atoms with Crippen molar-refractivity contribution in [3.05, 3.63) is 11.6 Å². The van der Waals surface area contributed by atoms with E-state index >= 15 is 0 Å². The highest BCUT2D eigenvalue weighted by Crippen LogP contribution is 2.11. The molecule has 2 nitrogen and oxygen atoms in total. The van der Waals surface area contributed by atoms with Gasteiger partial charge in [-0.15, -0.1) is 0 Å². The number of rotatable bonds is 9. The third kappa shape index (κ3) is 8.22. The second kappa shape index (κ2) is 9.75. The zero-order chi connectivity index (χ0) is 11.5. The van der Waals surface area contributed by atoms with Gasteiger partial charge in [-0.3, -0.25) is 0 Å². The summed E-state index contributed by atoms with van der Waals surface area (Å²) < 4.78 is 0. The van der Waals surface area contributed by atoms with Crippen LogP contribution >= 0.6 is 0 Å². The van der Waals surface area contributed by atoms with Crippen LogP contribution in [0.15, 0.2) is 11.6 Å². The second-order valence-corrected chi connectivity index (χ2v) is 3.99. The summed E-state index contributed by atoms with van der Waals surface area (Å²) in [6.07, 6.45) is 10.3. The maximum absolute atomic E-state index is 10.9. The van der Waals surface area contributed by atoms with Gasteiger partial charge in [0.25, 0.3) is 0 Å². The lowest BCUT2D eigenvalue weighted by Gasteiger charge is -2.02. The number of carbonyl (C=O) groups is 1. The number of aliphatic carboxylic acids is 1. The number of unbranched alkanes of at least 4 members (excludes halogenated alkanes) is 5. The molecule has 0 rings (SSSR count). The number of carboxylic acid groups (broad SMARTS) is 1. The van der Waals surface area contributed by atoms with Gasteiger partial charge in [0, 0.05) is 5.57 Å². The fourth-order valence-corrected chi connectivity index (χ4v) is 1.53. The Kier molecular flexibility index (Phi) is 9.24. The topological polar surface area (TPSA) is 37.3 Å². The molecule has 0 radical (unpaired) electrons. The van der Waals surface area contributed by atoms with E-state index in [1.54, 1.807) is 0 Å². The van der Waals surface area contributed by atoms with Gasteiger partial charge in [-0.2, -0.15) is 0 Å². The molecule has 0 amide bonds. The van der Waals surface area contributed by atoms with Gasteiger partial charge in [-0.25, -0.2) is 4.79 Å². The monoisotopic (exact) mass is 212 g/mol. The van der Waals surface area contributed by atoms with Gasteiger partial charge >= 0.3 is 5.97 Å². The highest BCUT2D eigenvalue weighted by atomic mass is 16.4. The molecule has 1 N–H and O–H groups in total. The fourth-order valence-electron chi connectivity index (χ4n) is 1.53. The summed E-state index contributed by atoms with van der Waals surface area (Å²) in [6.45, 7) is 4.29. The molecular formula is C13H24O2. The Bertz CT molecular complexity index is 195. The lowest BCUT2D eigenvalue weighted by Crippen LogP contribution is -2.00. The molecule has 0 aliphatic carbocycles. The summed E-state index contributed by atoms with van der Waals surface area (Å²) in [5, 5.41) is 8.96. The van der Waals surface area contributed by atoms with E-state index in [2.05, 4.69) is 13.8 Å².